The summed E-state index contributed by atoms with van der Waals surface area (Å²) in [5.74, 6) is -2.92. The highest BCUT2D eigenvalue weighted by Gasteiger charge is 2.45. The van der Waals surface area contributed by atoms with Crippen LogP contribution in [0.1, 0.15) is 207 Å². The first-order chi connectivity index (χ1) is 41.1. The summed E-state index contributed by atoms with van der Waals surface area (Å²) in [6, 6.07) is -2.00. The first-order valence-corrected chi connectivity index (χ1v) is 31.9. The fourth-order valence-electron chi connectivity index (χ4n) is 10.1. The highest BCUT2D eigenvalue weighted by atomic mass is 16.5. The van der Waals surface area contributed by atoms with E-state index in [1.807, 2.05) is 20.8 Å². The molecule has 0 aromatic rings. The highest BCUT2D eigenvalue weighted by molar-refractivity contribution is 5.95. The Labute approximate surface area is 507 Å². The van der Waals surface area contributed by atoms with Crippen molar-refractivity contribution >= 4 is 59.6 Å². The number of Topliss-reactive ketones (excluding diaryl/α,β-unsaturated/α-hetero) is 1. The van der Waals surface area contributed by atoms with E-state index >= 15 is 0 Å². The Morgan fingerprint density at radius 2 is 0.988 bits per heavy atom. The molecular weight excluding hydrogens is 1100 g/mol. The fraction of sp³-hybridized carbons (Fsp3) is 0.836. The number of carbonyl (C=O) groups is 10. The number of likely N-dealkylation sites (tertiary alicyclic amines) is 3. The third-order valence-electron chi connectivity index (χ3n) is 14.6. The number of hydrogen-bond acceptors (Lipinski definition) is 15. The molecule has 0 radical (unpaired) electrons. The molecule has 4 atom stereocenters. The minimum atomic E-state index is -0.968. The Morgan fingerprint density at radius 1 is 0.541 bits per heavy atom. The summed E-state index contributed by atoms with van der Waals surface area (Å²) >= 11 is 0. The van der Waals surface area contributed by atoms with Gasteiger partial charge in [0.15, 0.2) is 0 Å². The number of nitrogens with zero attached hydrogens (tertiary/aromatic N) is 3. The summed E-state index contributed by atoms with van der Waals surface area (Å²) in [5, 5.41) is 28.5. The SMILES string of the molecule is CC.CCOCCOCCNC(=O)COCCOCCNC(=O)C1CCCN1C(=O)C1CCCN1C(=O)C1CCCN1C(=O)CCCC(=O)O.CNC(CCCCNC=O)C(C)=O.NC(=O)CCCCCCCCCCCCCCCCC(=O)O. The van der Waals surface area contributed by atoms with Gasteiger partial charge in [0, 0.05) is 71.6 Å². The number of carboxylic acid groups (broad SMARTS) is 2. The molecule has 4 unspecified atom stereocenters. The minimum Gasteiger partial charge on any atom is -0.481 e. The number of rotatable bonds is 47. The first-order valence-electron chi connectivity index (χ1n) is 31.9. The molecule has 3 aliphatic heterocycles. The van der Waals surface area contributed by atoms with Crippen molar-refractivity contribution in [3.63, 3.8) is 0 Å². The maximum absolute atomic E-state index is 13.7. The van der Waals surface area contributed by atoms with Gasteiger partial charge in [-0.2, -0.15) is 0 Å². The van der Waals surface area contributed by atoms with Crippen LogP contribution in [0.4, 0.5) is 0 Å². The molecule has 0 saturated carbocycles. The lowest BCUT2D eigenvalue weighted by molar-refractivity contribution is -0.150. The van der Waals surface area contributed by atoms with Gasteiger partial charge in [-0.25, -0.2) is 0 Å². The average molecular weight is 1210 g/mol. The smallest absolute Gasteiger partial charge is 0.303 e. The van der Waals surface area contributed by atoms with Crippen LogP contribution in [0, 0.1) is 0 Å². The molecule has 3 rings (SSSR count). The molecule has 0 aromatic carbocycles. The third kappa shape index (κ3) is 40.7. The van der Waals surface area contributed by atoms with Crippen LogP contribution in [-0.2, 0) is 66.9 Å². The Hall–Kier alpha value is -5.30. The summed E-state index contributed by atoms with van der Waals surface area (Å²) in [6.45, 7) is 12.7. The van der Waals surface area contributed by atoms with E-state index in [4.69, 9.17) is 34.9 Å². The van der Waals surface area contributed by atoms with Gasteiger partial charge in [0.2, 0.25) is 41.9 Å². The van der Waals surface area contributed by atoms with E-state index in [1.54, 1.807) is 23.8 Å². The van der Waals surface area contributed by atoms with Crippen molar-refractivity contribution in [3.8, 4) is 0 Å². The number of carbonyl (C=O) groups excluding carboxylic acids is 8. The van der Waals surface area contributed by atoms with Crippen molar-refractivity contribution < 1.29 is 77.1 Å². The molecule has 7 amide bonds. The van der Waals surface area contributed by atoms with Crippen LogP contribution in [0.5, 0.6) is 0 Å². The van der Waals surface area contributed by atoms with Crippen LogP contribution in [-0.4, -0.2) is 208 Å². The van der Waals surface area contributed by atoms with Gasteiger partial charge in [-0.1, -0.05) is 90.9 Å². The minimum absolute atomic E-state index is 0.0313. The second kappa shape index (κ2) is 54.1. The lowest BCUT2D eigenvalue weighted by Crippen LogP contribution is -2.55. The summed E-state index contributed by atoms with van der Waals surface area (Å²) < 4.78 is 21.3. The number of primary amides is 1. The van der Waals surface area contributed by atoms with Gasteiger partial charge >= 0.3 is 11.9 Å². The molecule has 3 saturated heterocycles. The van der Waals surface area contributed by atoms with E-state index in [9.17, 15) is 47.9 Å². The molecule has 3 aliphatic rings. The number of unbranched alkanes of at least 4 members (excludes halogenated alkanes) is 14. The summed E-state index contributed by atoms with van der Waals surface area (Å²) in [7, 11) is 1.79. The molecule has 0 aromatic heterocycles. The predicted molar refractivity (Wildman–Crippen MR) is 324 cm³/mol. The van der Waals surface area contributed by atoms with Gasteiger partial charge in [-0.15, -0.1) is 0 Å². The van der Waals surface area contributed by atoms with Crippen LogP contribution in [0.25, 0.3) is 0 Å². The van der Waals surface area contributed by atoms with Crippen molar-refractivity contribution in [2.45, 2.75) is 232 Å². The van der Waals surface area contributed by atoms with Crippen LogP contribution < -0.4 is 27.0 Å². The number of ether oxygens (including phenoxy) is 4. The number of aliphatic carboxylic acids is 2. The fourth-order valence-corrected chi connectivity index (χ4v) is 10.1. The van der Waals surface area contributed by atoms with Crippen LogP contribution >= 0.6 is 0 Å². The van der Waals surface area contributed by atoms with Crippen LogP contribution in [0.15, 0.2) is 0 Å². The Kier molecular flexibility index (Phi) is 50.7. The Balaban J connectivity index is 0.00000157. The van der Waals surface area contributed by atoms with Gasteiger partial charge in [0.25, 0.3) is 0 Å². The molecule has 8 N–H and O–H groups in total. The number of nitrogens with one attached hydrogen (secondary N) is 4. The monoisotopic (exact) mass is 1210 g/mol. The van der Waals surface area contributed by atoms with Crippen molar-refractivity contribution in [2.75, 3.05) is 99.2 Å². The molecular formula is C61H112N8O16. The van der Waals surface area contributed by atoms with Crippen LogP contribution in [0.2, 0.25) is 0 Å². The zero-order chi connectivity index (χ0) is 63.3. The standard InChI is InChI=1S/C32H53N5O11.C18H35NO3.C9H18N2O2.C2H6/c1-2-45-19-20-46-17-12-33-27(38)23-48-22-21-47-18-13-34-30(42)24-7-4-15-36(24)32(44)26-9-6-16-37(26)31(43)25-8-5-14-35(25)28(39)10-3-11-29(40)41;19-17(20)15-13-11-9-7-5-3-1-2-4-6-8-10-12-14-16-18(21)22;1-8(13)9(10-2)5-3-4-6-11-7-12;1-2/h24-26H,2-23H2,1H3,(H,33,38)(H,34,42)(H,40,41);1-16H2,(H2,19,20)(H,21,22);7,9-10H,3-6H2,1-2H3,(H,11,12);1-2H3. The molecule has 492 valence electrons. The number of nitrogens with two attached hydrogens (primary N) is 1. The van der Waals surface area contributed by atoms with E-state index in [0.717, 1.165) is 44.9 Å². The summed E-state index contributed by atoms with van der Waals surface area (Å²) in [5.41, 5.74) is 5.10. The number of ketones is 1. The lowest BCUT2D eigenvalue weighted by atomic mass is 10.0. The van der Waals surface area contributed by atoms with Gasteiger partial charge in [0.1, 0.15) is 30.5 Å². The molecule has 3 fully saturated rings. The molecule has 3 heterocycles. The Morgan fingerprint density at radius 3 is 1.48 bits per heavy atom. The van der Waals surface area contributed by atoms with Crippen molar-refractivity contribution in [1.29, 1.82) is 0 Å². The van der Waals surface area contributed by atoms with Crippen LogP contribution in [0.3, 0.4) is 0 Å². The number of carboxylic acids is 2. The zero-order valence-corrected chi connectivity index (χ0v) is 52.6. The quantitative estimate of drug-likeness (QED) is 0.0295. The van der Waals surface area contributed by atoms with E-state index in [-0.39, 0.29) is 99.5 Å². The number of likely N-dealkylation sites (N-methyl/N-ethyl adjacent to an activating group) is 1. The van der Waals surface area contributed by atoms with E-state index in [1.165, 1.54) is 69.1 Å². The normalized spacial score (nSPS) is 16.4. The number of hydrogen-bond donors (Lipinski definition) is 7. The van der Waals surface area contributed by atoms with Gasteiger partial charge in [0.05, 0.1) is 45.7 Å². The van der Waals surface area contributed by atoms with Crippen molar-refractivity contribution in [3.05, 3.63) is 0 Å². The van der Waals surface area contributed by atoms with Crippen molar-refractivity contribution in [2.24, 2.45) is 5.73 Å². The third-order valence-corrected chi connectivity index (χ3v) is 14.6. The zero-order valence-electron chi connectivity index (χ0n) is 52.6. The van der Waals surface area contributed by atoms with Gasteiger partial charge in [-0.3, -0.25) is 47.9 Å². The van der Waals surface area contributed by atoms with Crippen molar-refractivity contribution in [1.82, 2.24) is 36.0 Å². The molecule has 24 heteroatoms. The molecule has 0 spiro atoms. The summed E-state index contributed by atoms with van der Waals surface area (Å²) in [4.78, 5) is 122. The topological polar surface area (TPSA) is 332 Å². The molecule has 0 aliphatic carbocycles. The van der Waals surface area contributed by atoms with E-state index in [0.29, 0.717) is 117 Å². The molecule has 85 heavy (non-hydrogen) atoms. The molecule has 0 bridgehead atoms. The largest absolute Gasteiger partial charge is 0.481 e. The number of amides is 7. The molecule has 24 nitrogen and oxygen atoms in total. The average Bonchev–Trinajstić information content (AvgIpc) is 2.87. The Bertz CT molecular complexity index is 1820. The first kappa shape index (κ1) is 79.7. The second-order valence-electron chi connectivity index (χ2n) is 21.3. The lowest BCUT2D eigenvalue weighted by Gasteiger charge is -2.34. The summed E-state index contributed by atoms with van der Waals surface area (Å²) in [6.07, 6.45) is 24.8. The predicted octanol–water partition coefficient (Wildman–Crippen LogP) is 5.44. The van der Waals surface area contributed by atoms with Gasteiger partial charge in [-0.05, 0) is 97.9 Å². The maximum atomic E-state index is 13.7. The second-order valence-corrected chi connectivity index (χ2v) is 21.3. The highest BCUT2D eigenvalue weighted by Crippen LogP contribution is 2.29. The van der Waals surface area contributed by atoms with E-state index in [2.05, 4.69) is 21.3 Å². The van der Waals surface area contributed by atoms with E-state index < -0.39 is 30.1 Å². The van der Waals surface area contributed by atoms with Gasteiger partial charge < -0.3 is 70.9 Å². The maximum Gasteiger partial charge on any atom is 0.303 e.